The van der Waals surface area contributed by atoms with Crippen molar-refractivity contribution in [2.45, 2.75) is 13.5 Å². The van der Waals surface area contributed by atoms with Crippen molar-refractivity contribution in [3.63, 3.8) is 0 Å². The highest BCUT2D eigenvalue weighted by atomic mass is 16.5. The summed E-state index contributed by atoms with van der Waals surface area (Å²) in [6, 6.07) is 3.71. The Balaban J connectivity index is 2.03. The van der Waals surface area contributed by atoms with Gasteiger partial charge in [-0.05, 0) is 19.1 Å². The minimum Gasteiger partial charge on any atom is -0.490 e. The zero-order valence-electron chi connectivity index (χ0n) is 8.97. The van der Waals surface area contributed by atoms with Crippen molar-refractivity contribution in [3.05, 3.63) is 30.5 Å². The number of rotatable bonds is 5. The van der Waals surface area contributed by atoms with Crippen LogP contribution in [-0.4, -0.2) is 26.8 Å². The first-order chi connectivity index (χ1) is 7.90. The van der Waals surface area contributed by atoms with Gasteiger partial charge in [0.1, 0.15) is 12.2 Å². The predicted octanol–water partition coefficient (Wildman–Crippen LogP) is 1.21. The molecule has 0 amide bonds. The van der Waals surface area contributed by atoms with E-state index in [0.717, 1.165) is 11.6 Å². The molecule has 0 spiro atoms. The van der Waals surface area contributed by atoms with Gasteiger partial charge < -0.3 is 10.1 Å². The van der Waals surface area contributed by atoms with Crippen molar-refractivity contribution in [1.82, 2.24) is 20.2 Å². The number of ether oxygens (including phenoxy) is 1. The molecule has 2 N–H and O–H groups in total. The van der Waals surface area contributed by atoms with E-state index in [1.807, 2.05) is 19.1 Å². The minimum absolute atomic E-state index is 0.539. The largest absolute Gasteiger partial charge is 0.490 e. The second-order valence-corrected chi connectivity index (χ2v) is 3.07. The van der Waals surface area contributed by atoms with Gasteiger partial charge in [0.05, 0.1) is 13.2 Å². The molecular formula is C10H13N5O. The summed E-state index contributed by atoms with van der Waals surface area (Å²) in [6.07, 6.45) is 3.18. The first-order valence-corrected chi connectivity index (χ1v) is 5.06. The molecule has 0 unspecified atom stereocenters. The number of hydrogen-bond donors (Lipinski definition) is 2. The van der Waals surface area contributed by atoms with Gasteiger partial charge in [-0.2, -0.15) is 5.10 Å². The van der Waals surface area contributed by atoms with Gasteiger partial charge in [-0.1, -0.05) is 0 Å². The van der Waals surface area contributed by atoms with E-state index in [4.69, 9.17) is 4.74 Å². The van der Waals surface area contributed by atoms with Gasteiger partial charge >= 0.3 is 0 Å². The Labute approximate surface area is 93.1 Å². The Kier molecular flexibility index (Phi) is 3.32. The highest BCUT2D eigenvalue weighted by molar-refractivity contribution is 5.49. The molecule has 84 valence electrons. The van der Waals surface area contributed by atoms with Crippen molar-refractivity contribution >= 4 is 5.82 Å². The average molecular weight is 219 g/mol. The summed E-state index contributed by atoms with van der Waals surface area (Å²) in [5.41, 5.74) is 0. The van der Waals surface area contributed by atoms with Crippen molar-refractivity contribution in [2.24, 2.45) is 0 Å². The Bertz CT molecular complexity index is 429. The summed E-state index contributed by atoms with van der Waals surface area (Å²) in [5, 5.41) is 9.66. The van der Waals surface area contributed by atoms with E-state index in [9.17, 15) is 0 Å². The first kappa shape index (κ1) is 10.4. The van der Waals surface area contributed by atoms with Crippen LogP contribution < -0.4 is 10.1 Å². The van der Waals surface area contributed by atoms with Crippen LogP contribution >= 0.6 is 0 Å². The quantitative estimate of drug-likeness (QED) is 0.790. The van der Waals surface area contributed by atoms with Gasteiger partial charge in [-0.25, -0.2) is 9.97 Å². The molecule has 2 rings (SSSR count). The number of pyridine rings is 1. The third kappa shape index (κ3) is 2.47. The smallest absolute Gasteiger partial charge is 0.169 e. The molecule has 6 heteroatoms. The maximum absolute atomic E-state index is 5.44. The van der Waals surface area contributed by atoms with Gasteiger partial charge in [0.25, 0.3) is 0 Å². The van der Waals surface area contributed by atoms with E-state index in [1.165, 1.54) is 6.33 Å². The predicted molar refractivity (Wildman–Crippen MR) is 59.1 cm³/mol. The number of nitrogens with one attached hydrogen (secondary N) is 2. The second kappa shape index (κ2) is 5.11. The van der Waals surface area contributed by atoms with E-state index >= 15 is 0 Å². The fourth-order valence-electron chi connectivity index (χ4n) is 1.28. The lowest BCUT2D eigenvalue weighted by molar-refractivity contribution is 0.340. The van der Waals surface area contributed by atoms with Crippen LogP contribution in [0.2, 0.25) is 0 Å². The molecular weight excluding hydrogens is 206 g/mol. The lowest BCUT2D eigenvalue weighted by Crippen LogP contribution is -2.05. The molecule has 0 aliphatic rings. The molecule has 2 aromatic heterocycles. The normalized spacial score (nSPS) is 10.1. The number of aromatic amines is 1. The van der Waals surface area contributed by atoms with Gasteiger partial charge in [0, 0.05) is 6.20 Å². The molecule has 2 aromatic rings. The van der Waals surface area contributed by atoms with E-state index in [2.05, 4.69) is 25.5 Å². The van der Waals surface area contributed by atoms with Crippen LogP contribution in [0, 0.1) is 0 Å². The van der Waals surface area contributed by atoms with E-state index < -0.39 is 0 Å². The summed E-state index contributed by atoms with van der Waals surface area (Å²) in [6.45, 7) is 3.09. The summed E-state index contributed by atoms with van der Waals surface area (Å²) < 4.78 is 5.44. The van der Waals surface area contributed by atoms with Gasteiger partial charge in [-0.15, -0.1) is 0 Å². The van der Waals surface area contributed by atoms with Crippen LogP contribution in [0.3, 0.4) is 0 Å². The molecule has 0 atom stereocenters. The van der Waals surface area contributed by atoms with Crippen LogP contribution in [0.15, 0.2) is 24.7 Å². The summed E-state index contributed by atoms with van der Waals surface area (Å²) in [7, 11) is 0. The minimum atomic E-state index is 0.539. The number of hydrogen-bond acceptors (Lipinski definition) is 5. The summed E-state index contributed by atoms with van der Waals surface area (Å²) >= 11 is 0. The van der Waals surface area contributed by atoms with Crippen LogP contribution in [-0.2, 0) is 6.54 Å². The molecule has 0 aromatic carbocycles. The fraction of sp³-hybridized carbons (Fsp3) is 0.300. The second-order valence-electron chi connectivity index (χ2n) is 3.07. The Hall–Kier alpha value is -2.11. The van der Waals surface area contributed by atoms with E-state index in [1.54, 1.807) is 6.20 Å². The van der Waals surface area contributed by atoms with Crippen LogP contribution in [0.4, 0.5) is 5.82 Å². The highest BCUT2D eigenvalue weighted by Crippen LogP contribution is 2.20. The SMILES string of the molecule is CCOc1cccnc1NCc1ncn[nH]1. The lowest BCUT2D eigenvalue weighted by atomic mass is 10.4. The number of nitrogens with zero attached hydrogens (tertiary/aromatic N) is 3. The molecule has 0 saturated carbocycles. The van der Waals surface area contributed by atoms with Crippen molar-refractivity contribution in [1.29, 1.82) is 0 Å². The number of H-pyrrole nitrogens is 1. The molecule has 6 nitrogen and oxygen atoms in total. The maximum Gasteiger partial charge on any atom is 0.169 e. The summed E-state index contributed by atoms with van der Waals surface area (Å²) in [5.74, 6) is 2.21. The number of aromatic nitrogens is 4. The van der Waals surface area contributed by atoms with E-state index in [-0.39, 0.29) is 0 Å². The molecule has 0 fully saturated rings. The lowest BCUT2D eigenvalue weighted by Gasteiger charge is -2.09. The van der Waals surface area contributed by atoms with E-state index in [0.29, 0.717) is 19.0 Å². The van der Waals surface area contributed by atoms with Gasteiger partial charge in [0.15, 0.2) is 11.6 Å². The molecule has 0 saturated heterocycles. The van der Waals surface area contributed by atoms with Crippen molar-refractivity contribution < 1.29 is 4.74 Å². The maximum atomic E-state index is 5.44. The topological polar surface area (TPSA) is 75.7 Å². The van der Waals surface area contributed by atoms with Crippen molar-refractivity contribution in [2.75, 3.05) is 11.9 Å². The molecule has 16 heavy (non-hydrogen) atoms. The average Bonchev–Trinajstić information content (AvgIpc) is 2.81. The molecule has 0 aliphatic carbocycles. The molecule has 0 radical (unpaired) electrons. The van der Waals surface area contributed by atoms with Crippen LogP contribution in [0.25, 0.3) is 0 Å². The first-order valence-electron chi connectivity index (χ1n) is 5.06. The molecule has 0 aliphatic heterocycles. The van der Waals surface area contributed by atoms with Crippen LogP contribution in [0.1, 0.15) is 12.7 Å². The van der Waals surface area contributed by atoms with Gasteiger partial charge in [-0.3, -0.25) is 5.10 Å². The standard InChI is InChI=1S/C10H13N5O/c1-2-16-8-4-3-5-11-10(8)12-6-9-13-7-14-15-9/h3-5,7H,2,6H2,1H3,(H,11,12)(H,13,14,15). The Morgan fingerprint density at radius 2 is 2.38 bits per heavy atom. The summed E-state index contributed by atoms with van der Waals surface area (Å²) in [4.78, 5) is 8.21. The van der Waals surface area contributed by atoms with Crippen LogP contribution in [0.5, 0.6) is 5.75 Å². The third-order valence-electron chi connectivity index (χ3n) is 1.96. The monoisotopic (exact) mass is 219 g/mol. The Morgan fingerprint density at radius 3 is 3.12 bits per heavy atom. The highest BCUT2D eigenvalue weighted by Gasteiger charge is 2.03. The third-order valence-corrected chi connectivity index (χ3v) is 1.96. The Morgan fingerprint density at radius 1 is 1.44 bits per heavy atom. The van der Waals surface area contributed by atoms with Gasteiger partial charge in [0.2, 0.25) is 0 Å². The zero-order valence-corrected chi connectivity index (χ0v) is 8.97. The van der Waals surface area contributed by atoms with Crippen molar-refractivity contribution in [3.8, 4) is 5.75 Å². The zero-order chi connectivity index (χ0) is 11.2. The molecule has 2 heterocycles. The molecule has 0 bridgehead atoms. The number of anilines is 1. The fourth-order valence-corrected chi connectivity index (χ4v) is 1.28.